The molecule has 4 rings (SSSR count). The summed E-state index contributed by atoms with van der Waals surface area (Å²) in [6, 6.07) is 19.3. The molecule has 0 unspecified atom stereocenters. The molecule has 0 amide bonds. The first kappa shape index (κ1) is 20.5. The van der Waals surface area contributed by atoms with E-state index in [1.165, 1.54) is 41.7 Å². The molecule has 9 heteroatoms. The van der Waals surface area contributed by atoms with Crippen molar-refractivity contribution < 1.29 is 22.8 Å². The summed E-state index contributed by atoms with van der Waals surface area (Å²) in [4.78, 5) is 15.4. The number of halogens is 3. The summed E-state index contributed by atoms with van der Waals surface area (Å²) in [5.41, 5.74) is 3.39. The smallest absolute Gasteiger partial charge is 0.406 e. The van der Waals surface area contributed by atoms with E-state index in [0.717, 1.165) is 10.6 Å². The van der Waals surface area contributed by atoms with E-state index in [1.54, 1.807) is 30.3 Å². The lowest BCUT2D eigenvalue weighted by molar-refractivity contribution is -0.384. The number of para-hydroxylation sites is 1. The lowest BCUT2D eigenvalue weighted by Crippen LogP contribution is -2.16. The number of nitro benzene ring substituents is 1. The molecule has 0 aliphatic carbocycles. The van der Waals surface area contributed by atoms with Crippen LogP contribution in [0.15, 0.2) is 78.2 Å². The first-order valence-corrected chi connectivity index (χ1v) is 9.84. The summed E-state index contributed by atoms with van der Waals surface area (Å²) in [5, 5.41) is 13.8. The molecule has 0 atom stereocenters. The van der Waals surface area contributed by atoms with Crippen LogP contribution in [0.25, 0.3) is 33.0 Å². The highest BCUT2D eigenvalue weighted by Gasteiger charge is 2.31. The molecule has 31 heavy (non-hydrogen) atoms. The number of aromatic nitrogens is 1. The molecule has 4 aromatic rings. The topological polar surface area (TPSA) is 65.3 Å². The number of alkyl halides is 3. The Hall–Kier alpha value is -3.72. The van der Waals surface area contributed by atoms with Crippen molar-refractivity contribution in [2.45, 2.75) is 6.36 Å². The Morgan fingerprint density at radius 1 is 0.871 bits per heavy atom. The number of thiazole rings is 1. The molecule has 0 spiro atoms. The number of benzene rings is 3. The normalized spacial score (nSPS) is 11.3. The van der Waals surface area contributed by atoms with E-state index in [4.69, 9.17) is 0 Å². The van der Waals surface area contributed by atoms with E-state index >= 15 is 0 Å². The Morgan fingerprint density at radius 3 is 2.13 bits per heavy atom. The summed E-state index contributed by atoms with van der Waals surface area (Å²) in [5.74, 6) is -0.294. The van der Waals surface area contributed by atoms with Crippen LogP contribution in [0, 0.1) is 10.1 Å². The standard InChI is InChI=1S/C22H13F3N2O3S/c23-22(24,25)30-17-11-9-15(10-12-17)19-13-31-21(26-19)16-7-5-14(6-8-16)18-3-1-2-4-20(18)27(28)29/h1-13H. The van der Waals surface area contributed by atoms with E-state index in [0.29, 0.717) is 22.4 Å². The SMILES string of the molecule is O=[N+]([O-])c1ccccc1-c1ccc(-c2nc(-c3ccc(OC(F)(F)F)cc3)cs2)cc1. The molecule has 0 aliphatic heterocycles. The Balaban J connectivity index is 1.55. The third kappa shape index (κ3) is 4.72. The monoisotopic (exact) mass is 442 g/mol. The molecule has 1 aromatic heterocycles. The molecular formula is C22H13F3N2O3S. The molecule has 0 fully saturated rings. The molecule has 156 valence electrons. The highest BCUT2D eigenvalue weighted by molar-refractivity contribution is 7.13. The molecule has 1 heterocycles. The Morgan fingerprint density at radius 2 is 1.48 bits per heavy atom. The number of rotatable bonds is 5. The second kappa shape index (κ2) is 8.19. The van der Waals surface area contributed by atoms with E-state index in [-0.39, 0.29) is 11.4 Å². The zero-order valence-corrected chi connectivity index (χ0v) is 16.5. The van der Waals surface area contributed by atoms with Crippen LogP contribution < -0.4 is 4.74 Å². The second-order valence-corrected chi connectivity index (χ2v) is 7.32. The van der Waals surface area contributed by atoms with Crippen LogP contribution in [-0.2, 0) is 0 Å². The van der Waals surface area contributed by atoms with Gasteiger partial charge in [0.15, 0.2) is 0 Å². The number of hydrogen-bond acceptors (Lipinski definition) is 5. The number of ether oxygens (including phenoxy) is 1. The van der Waals surface area contributed by atoms with Crippen molar-refractivity contribution >= 4 is 17.0 Å². The van der Waals surface area contributed by atoms with Crippen LogP contribution in [0.3, 0.4) is 0 Å². The highest BCUT2D eigenvalue weighted by Crippen LogP contribution is 2.34. The fourth-order valence-corrected chi connectivity index (χ4v) is 3.87. The molecular weight excluding hydrogens is 429 g/mol. The zero-order chi connectivity index (χ0) is 22.0. The molecule has 0 radical (unpaired) electrons. The zero-order valence-electron chi connectivity index (χ0n) is 15.7. The largest absolute Gasteiger partial charge is 0.573 e. The molecule has 3 aromatic carbocycles. The minimum Gasteiger partial charge on any atom is -0.406 e. The van der Waals surface area contributed by atoms with Crippen molar-refractivity contribution in [3.8, 4) is 38.7 Å². The van der Waals surface area contributed by atoms with Crippen molar-refractivity contribution in [2.75, 3.05) is 0 Å². The van der Waals surface area contributed by atoms with Gasteiger partial charge in [-0.3, -0.25) is 10.1 Å². The summed E-state index contributed by atoms with van der Waals surface area (Å²) < 4.78 is 40.7. The molecule has 0 aliphatic rings. The summed E-state index contributed by atoms with van der Waals surface area (Å²) in [7, 11) is 0. The number of nitro groups is 1. The average molecular weight is 442 g/mol. The average Bonchev–Trinajstić information content (AvgIpc) is 3.23. The van der Waals surface area contributed by atoms with Crippen molar-refractivity contribution in [3.63, 3.8) is 0 Å². The summed E-state index contributed by atoms with van der Waals surface area (Å²) in [6.45, 7) is 0. The quantitative estimate of drug-likeness (QED) is 0.248. The van der Waals surface area contributed by atoms with Crippen molar-refractivity contribution in [1.29, 1.82) is 0 Å². The molecule has 0 bridgehead atoms. The maximum absolute atomic E-state index is 12.3. The maximum Gasteiger partial charge on any atom is 0.573 e. The van der Waals surface area contributed by atoms with Crippen molar-refractivity contribution in [2.24, 2.45) is 0 Å². The van der Waals surface area contributed by atoms with Crippen LogP contribution >= 0.6 is 11.3 Å². The van der Waals surface area contributed by atoms with Gasteiger partial charge in [-0.15, -0.1) is 24.5 Å². The van der Waals surface area contributed by atoms with Gasteiger partial charge in [-0.2, -0.15) is 0 Å². The van der Waals surface area contributed by atoms with Gasteiger partial charge in [-0.05, 0) is 35.9 Å². The van der Waals surface area contributed by atoms with Gasteiger partial charge in [0.1, 0.15) is 10.8 Å². The molecule has 0 saturated heterocycles. The predicted octanol–water partition coefficient (Wildman–Crippen LogP) is 6.95. The van der Waals surface area contributed by atoms with Gasteiger partial charge >= 0.3 is 6.36 Å². The van der Waals surface area contributed by atoms with Gasteiger partial charge < -0.3 is 4.74 Å². The minimum atomic E-state index is -4.73. The summed E-state index contributed by atoms with van der Waals surface area (Å²) >= 11 is 1.39. The first-order valence-electron chi connectivity index (χ1n) is 8.96. The molecule has 5 nitrogen and oxygen atoms in total. The van der Waals surface area contributed by atoms with Gasteiger partial charge in [-0.1, -0.05) is 36.4 Å². The maximum atomic E-state index is 12.3. The van der Waals surface area contributed by atoms with Crippen molar-refractivity contribution in [3.05, 3.63) is 88.3 Å². The summed E-state index contributed by atoms with van der Waals surface area (Å²) in [6.07, 6.45) is -4.73. The minimum absolute atomic E-state index is 0.0322. The van der Waals surface area contributed by atoms with Crippen LogP contribution in [-0.4, -0.2) is 16.3 Å². The fraction of sp³-hybridized carbons (Fsp3) is 0.0455. The van der Waals surface area contributed by atoms with Gasteiger partial charge in [0.05, 0.1) is 16.2 Å². The Bertz CT molecular complexity index is 1220. The van der Waals surface area contributed by atoms with Gasteiger partial charge in [0, 0.05) is 22.6 Å². The van der Waals surface area contributed by atoms with E-state index in [9.17, 15) is 23.3 Å². The van der Waals surface area contributed by atoms with Gasteiger partial charge in [0.25, 0.3) is 5.69 Å². The van der Waals surface area contributed by atoms with Crippen LogP contribution in [0.4, 0.5) is 18.9 Å². The number of nitrogens with zero attached hydrogens (tertiary/aromatic N) is 2. The fourth-order valence-electron chi connectivity index (χ4n) is 3.04. The predicted molar refractivity (Wildman–Crippen MR) is 112 cm³/mol. The van der Waals surface area contributed by atoms with E-state index < -0.39 is 11.3 Å². The Labute approximate surface area is 178 Å². The Kier molecular flexibility index (Phi) is 5.43. The van der Waals surface area contributed by atoms with Crippen molar-refractivity contribution in [1.82, 2.24) is 4.98 Å². The first-order chi connectivity index (χ1) is 14.8. The third-order valence-electron chi connectivity index (χ3n) is 4.43. The van der Waals surface area contributed by atoms with Gasteiger partial charge in [0.2, 0.25) is 0 Å². The molecule has 0 N–H and O–H groups in total. The molecule has 0 saturated carbocycles. The van der Waals surface area contributed by atoms with Crippen LogP contribution in [0.2, 0.25) is 0 Å². The lowest BCUT2D eigenvalue weighted by atomic mass is 10.0. The van der Waals surface area contributed by atoms with Crippen LogP contribution in [0.1, 0.15) is 0 Å². The van der Waals surface area contributed by atoms with E-state index in [2.05, 4.69) is 9.72 Å². The van der Waals surface area contributed by atoms with Gasteiger partial charge in [-0.25, -0.2) is 4.98 Å². The second-order valence-electron chi connectivity index (χ2n) is 6.46. The highest BCUT2D eigenvalue weighted by atomic mass is 32.1. The third-order valence-corrected chi connectivity index (χ3v) is 5.32. The number of hydrogen-bond donors (Lipinski definition) is 0. The van der Waals surface area contributed by atoms with E-state index in [1.807, 2.05) is 17.5 Å². The lowest BCUT2D eigenvalue weighted by Gasteiger charge is -2.08. The van der Waals surface area contributed by atoms with Crippen LogP contribution in [0.5, 0.6) is 5.75 Å².